The first-order valence-electron chi connectivity index (χ1n) is 10.1. The SMILES string of the molecule is Nc1ncc(-c2cn([C@H]3[C@@H]4CN(C5COC5)C[C@@H]43)c(C3CC3)n2)cc1C(F)(F)F. The van der Waals surface area contributed by atoms with Gasteiger partial charge in [0.25, 0.3) is 0 Å². The molecule has 2 saturated carbocycles. The normalized spacial score (nSPS) is 29.7. The number of alkyl halides is 3. The summed E-state index contributed by atoms with van der Waals surface area (Å²) in [5.74, 6) is 2.14. The first-order valence-corrected chi connectivity index (χ1v) is 10.1. The van der Waals surface area contributed by atoms with E-state index in [4.69, 9.17) is 15.5 Å². The van der Waals surface area contributed by atoms with Crippen LogP contribution in [0.4, 0.5) is 19.0 Å². The Morgan fingerprint density at radius 2 is 1.86 bits per heavy atom. The number of ether oxygens (including phenoxy) is 1. The molecular formula is C20H22F3N5O. The second kappa shape index (κ2) is 5.95. The second-order valence-corrected chi connectivity index (χ2v) is 8.78. The predicted molar refractivity (Wildman–Crippen MR) is 99.0 cm³/mol. The molecule has 0 amide bonds. The maximum Gasteiger partial charge on any atom is 0.419 e. The molecule has 4 heterocycles. The van der Waals surface area contributed by atoms with E-state index >= 15 is 0 Å². The van der Waals surface area contributed by atoms with Gasteiger partial charge in [-0.25, -0.2) is 9.97 Å². The third kappa shape index (κ3) is 2.85. The summed E-state index contributed by atoms with van der Waals surface area (Å²) in [6.45, 7) is 3.81. The van der Waals surface area contributed by atoms with Gasteiger partial charge in [-0.1, -0.05) is 0 Å². The first kappa shape index (κ1) is 17.7. The number of pyridine rings is 1. The van der Waals surface area contributed by atoms with Crippen LogP contribution in [0.2, 0.25) is 0 Å². The molecule has 9 heteroatoms. The Morgan fingerprint density at radius 1 is 1.14 bits per heavy atom. The van der Waals surface area contributed by atoms with Gasteiger partial charge in [-0.05, 0) is 30.7 Å². The highest BCUT2D eigenvalue weighted by Crippen LogP contribution is 2.58. The molecule has 2 aliphatic carbocycles. The fourth-order valence-corrected chi connectivity index (χ4v) is 4.94. The van der Waals surface area contributed by atoms with Crippen molar-refractivity contribution in [2.45, 2.75) is 37.0 Å². The predicted octanol–water partition coefficient (Wildman–Crippen LogP) is 2.93. The molecular weight excluding hydrogens is 383 g/mol. The Morgan fingerprint density at radius 3 is 2.45 bits per heavy atom. The largest absolute Gasteiger partial charge is 0.419 e. The topological polar surface area (TPSA) is 69.2 Å². The Labute approximate surface area is 165 Å². The van der Waals surface area contributed by atoms with Gasteiger partial charge >= 0.3 is 6.18 Å². The van der Waals surface area contributed by atoms with Gasteiger partial charge in [-0.3, -0.25) is 4.90 Å². The summed E-state index contributed by atoms with van der Waals surface area (Å²) < 4.78 is 47.3. The fraction of sp³-hybridized carbons (Fsp3) is 0.600. The quantitative estimate of drug-likeness (QED) is 0.847. The molecule has 0 unspecified atom stereocenters. The van der Waals surface area contributed by atoms with E-state index in [1.807, 2.05) is 6.20 Å². The maximum absolute atomic E-state index is 13.2. The minimum atomic E-state index is -4.53. The van der Waals surface area contributed by atoms with Crippen LogP contribution < -0.4 is 5.73 Å². The van der Waals surface area contributed by atoms with Crippen LogP contribution in [0, 0.1) is 11.8 Å². The number of aromatic nitrogens is 3. The average Bonchev–Trinajstić information content (AvgIpc) is 3.49. The molecule has 0 bridgehead atoms. The minimum Gasteiger partial charge on any atom is -0.383 e. The highest BCUT2D eigenvalue weighted by molar-refractivity contribution is 5.62. The van der Waals surface area contributed by atoms with Gasteiger partial charge in [0.1, 0.15) is 11.6 Å². The first-order chi connectivity index (χ1) is 13.9. The average molecular weight is 405 g/mol. The summed E-state index contributed by atoms with van der Waals surface area (Å²) in [7, 11) is 0. The molecule has 154 valence electrons. The summed E-state index contributed by atoms with van der Waals surface area (Å²) in [5, 5.41) is 0. The number of nitrogen functional groups attached to an aromatic ring is 1. The van der Waals surface area contributed by atoms with E-state index in [1.54, 1.807) is 0 Å². The van der Waals surface area contributed by atoms with E-state index in [0.717, 1.165) is 51.0 Å². The molecule has 4 aliphatic rings. The van der Waals surface area contributed by atoms with E-state index in [1.165, 1.54) is 6.20 Å². The van der Waals surface area contributed by atoms with Crippen LogP contribution in [0.1, 0.15) is 36.2 Å². The summed E-state index contributed by atoms with van der Waals surface area (Å²) in [4.78, 5) is 11.0. The number of anilines is 1. The number of piperidine rings is 1. The monoisotopic (exact) mass is 405 g/mol. The van der Waals surface area contributed by atoms with Gasteiger partial charge < -0.3 is 15.0 Å². The summed E-state index contributed by atoms with van der Waals surface area (Å²) >= 11 is 0. The lowest BCUT2D eigenvalue weighted by atomic mass is 10.1. The lowest BCUT2D eigenvalue weighted by Gasteiger charge is -2.36. The highest BCUT2D eigenvalue weighted by Gasteiger charge is 2.59. The van der Waals surface area contributed by atoms with Crippen molar-refractivity contribution in [1.82, 2.24) is 19.4 Å². The highest BCUT2D eigenvalue weighted by atomic mass is 19.4. The number of imidazole rings is 1. The molecule has 0 radical (unpaired) electrons. The van der Waals surface area contributed by atoms with Gasteiger partial charge in [-0.15, -0.1) is 0 Å². The van der Waals surface area contributed by atoms with Crippen molar-refractivity contribution in [1.29, 1.82) is 0 Å². The van der Waals surface area contributed by atoms with Crippen molar-refractivity contribution >= 4 is 5.82 Å². The number of nitrogens with two attached hydrogens (primary N) is 1. The number of hydrogen-bond acceptors (Lipinski definition) is 5. The van der Waals surface area contributed by atoms with E-state index in [0.29, 0.717) is 41.1 Å². The molecule has 29 heavy (non-hydrogen) atoms. The van der Waals surface area contributed by atoms with Crippen LogP contribution in [0.25, 0.3) is 11.3 Å². The van der Waals surface area contributed by atoms with Crippen LogP contribution in [-0.4, -0.2) is 51.8 Å². The molecule has 6 nitrogen and oxygen atoms in total. The molecule has 3 atom stereocenters. The molecule has 6 rings (SSSR count). The summed E-state index contributed by atoms with van der Waals surface area (Å²) in [5.41, 5.74) is 5.47. The number of fused-ring (bicyclic) bond motifs is 1. The van der Waals surface area contributed by atoms with Gasteiger partial charge in [0.15, 0.2) is 0 Å². The molecule has 2 aliphatic heterocycles. The van der Waals surface area contributed by atoms with E-state index in [2.05, 4.69) is 14.5 Å². The second-order valence-electron chi connectivity index (χ2n) is 8.78. The smallest absolute Gasteiger partial charge is 0.383 e. The number of halogens is 3. The molecule has 2 saturated heterocycles. The summed E-state index contributed by atoms with van der Waals surface area (Å²) in [6, 6.07) is 2.04. The van der Waals surface area contributed by atoms with Gasteiger partial charge in [0, 0.05) is 43.0 Å². The Balaban J connectivity index is 1.29. The summed E-state index contributed by atoms with van der Waals surface area (Å²) in [6.07, 6.45) is 0.980. The van der Waals surface area contributed by atoms with Crippen LogP contribution in [0.15, 0.2) is 18.5 Å². The zero-order valence-corrected chi connectivity index (χ0v) is 15.8. The van der Waals surface area contributed by atoms with Crippen LogP contribution >= 0.6 is 0 Å². The van der Waals surface area contributed by atoms with Crippen molar-refractivity contribution in [3.8, 4) is 11.3 Å². The molecule has 0 spiro atoms. The molecule has 2 N–H and O–H groups in total. The fourth-order valence-electron chi connectivity index (χ4n) is 4.94. The van der Waals surface area contributed by atoms with Crippen LogP contribution in [0.3, 0.4) is 0 Å². The maximum atomic E-state index is 13.2. The van der Waals surface area contributed by atoms with E-state index in [-0.39, 0.29) is 0 Å². The minimum absolute atomic E-state index is 0.367. The van der Waals surface area contributed by atoms with Gasteiger partial charge in [0.2, 0.25) is 0 Å². The van der Waals surface area contributed by atoms with Crippen molar-refractivity contribution in [2.24, 2.45) is 11.8 Å². The lowest BCUT2D eigenvalue weighted by Crippen LogP contribution is -2.49. The molecule has 2 aromatic heterocycles. The van der Waals surface area contributed by atoms with Crippen molar-refractivity contribution < 1.29 is 17.9 Å². The third-order valence-corrected chi connectivity index (χ3v) is 6.86. The standard InChI is InChI=1S/C20H22F3N5O/c21-20(22,23)15-3-11(4-25-18(15)24)16-7-28(19(26-16)10-1-2-10)17-13-5-27(6-14(13)17)12-8-29-9-12/h3-4,7,10,12-14,17H,1-2,5-6,8-9H2,(H2,24,25)/t13-,14+,17+. The Kier molecular flexibility index (Phi) is 3.63. The molecule has 2 aromatic rings. The third-order valence-electron chi connectivity index (χ3n) is 6.86. The van der Waals surface area contributed by atoms with Gasteiger partial charge in [0.05, 0.1) is 30.5 Å². The lowest BCUT2D eigenvalue weighted by molar-refractivity contribution is -0.137. The van der Waals surface area contributed by atoms with E-state index < -0.39 is 17.6 Å². The Bertz CT molecular complexity index is 954. The molecule has 0 aromatic carbocycles. The van der Waals surface area contributed by atoms with Crippen molar-refractivity contribution in [3.63, 3.8) is 0 Å². The Hall–Kier alpha value is -2.13. The number of rotatable bonds is 4. The van der Waals surface area contributed by atoms with E-state index in [9.17, 15) is 13.2 Å². The van der Waals surface area contributed by atoms with Crippen LogP contribution in [-0.2, 0) is 10.9 Å². The number of nitrogens with zero attached hydrogens (tertiary/aromatic N) is 4. The number of likely N-dealkylation sites (tertiary alicyclic amines) is 1. The zero-order valence-electron chi connectivity index (χ0n) is 15.8. The van der Waals surface area contributed by atoms with Crippen LogP contribution in [0.5, 0.6) is 0 Å². The number of hydrogen-bond donors (Lipinski definition) is 1. The van der Waals surface area contributed by atoms with Crippen molar-refractivity contribution in [2.75, 3.05) is 32.0 Å². The van der Waals surface area contributed by atoms with Crippen molar-refractivity contribution in [3.05, 3.63) is 29.8 Å². The van der Waals surface area contributed by atoms with Gasteiger partial charge in [-0.2, -0.15) is 13.2 Å². The molecule has 4 fully saturated rings. The zero-order chi connectivity index (χ0) is 19.9.